The molecule has 8 heteroatoms. The largest absolute Gasteiger partial charge is 0.522 e. The fourth-order valence-electron chi connectivity index (χ4n) is 1.18. The Morgan fingerprint density at radius 3 is 2.35 bits per heavy atom. The summed E-state index contributed by atoms with van der Waals surface area (Å²) in [4.78, 5) is 0. The van der Waals surface area contributed by atoms with Crippen molar-refractivity contribution in [3.8, 4) is 0 Å². The maximum Gasteiger partial charge on any atom is 0.522 e. The molecule has 0 radical (unpaired) electrons. The van der Waals surface area contributed by atoms with Crippen molar-refractivity contribution in [2.45, 2.75) is 19.4 Å². The van der Waals surface area contributed by atoms with E-state index in [1.807, 2.05) is 0 Å². The van der Waals surface area contributed by atoms with Gasteiger partial charge in [-0.2, -0.15) is 21.6 Å². The third-order valence-corrected chi connectivity index (χ3v) is 5.73. The summed E-state index contributed by atoms with van der Waals surface area (Å²) in [5.74, 6) is 0. The molecule has 0 heterocycles. The molecule has 0 amide bonds. The average Bonchev–Trinajstić information content (AvgIpc) is 2.18. The Balaban J connectivity index is 2.86. The van der Waals surface area contributed by atoms with Crippen LogP contribution in [0.15, 0.2) is 18.2 Å². The van der Waals surface area contributed by atoms with Crippen molar-refractivity contribution in [3.05, 3.63) is 29.3 Å². The Bertz CT molecular complexity index is 511. The summed E-state index contributed by atoms with van der Waals surface area (Å²) in [7, 11) is -7.42. The summed E-state index contributed by atoms with van der Waals surface area (Å²) in [5, 5.41) is 0.554. The van der Waals surface area contributed by atoms with E-state index in [0.29, 0.717) is 5.19 Å². The lowest BCUT2D eigenvalue weighted by Gasteiger charge is -2.10. The van der Waals surface area contributed by atoms with Crippen LogP contribution in [0.3, 0.4) is 0 Å². The molecule has 3 nitrogen and oxygen atoms in total. The summed E-state index contributed by atoms with van der Waals surface area (Å²) < 4.78 is 61.6. The number of hydrogen-bond acceptors (Lipinski definition) is 3. The molecule has 17 heavy (non-hydrogen) atoms. The molecule has 0 saturated heterocycles. The molecule has 0 saturated carbocycles. The van der Waals surface area contributed by atoms with Crippen LogP contribution in [0.25, 0.3) is 0 Å². The zero-order chi connectivity index (χ0) is 13.3. The number of rotatable bonds is 3. The molecule has 0 aliphatic heterocycles. The van der Waals surface area contributed by atoms with E-state index in [1.54, 1.807) is 32.0 Å². The first-order chi connectivity index (χ1) is 7.65. The lowest BCUT2D eigenvalue weighted by atomic mass is 10.1. The standard InChI is InChI=1S/C9H11F3O3SSi/c1-6-4-3-5-8(7(6)2)17-15-16(13,14)9(10,11)12/h3-5H,17H2,1-2H3. The predicted molar refractivity (Wildman–Crippen MR) is 60.2 cm³/mol. The fraction of sp³-hybridized carbons (Fsp3) is 0.333. The Morgan fingerprint density at radius 2 is 1.82 bits per heavy atom. The smallest absolute Gasteiger partial charge is 0.310 e. The number of hydrogen-bond donors (Lipinski definition) is 0. The van der Waals surface area contributed by atoms with Crippen LogP contribution in [0.4, 0.5) is 13.2 Å². The van der Waals surface area contributed by atoms with Gasteiger partial charge in [-0.25, -0.2) is 0 Å². The van der Waals surface area contributed by atoms with Crippen LogP contribution in [0.2, 0.25) is 0 Å². The lowest BCUT2D eigenvalue weighted by Crippen LogP contribution is -2.31. The van der Waals surface area contributed by atoms with Crippen molar-refractivity contribution in [2.24, 2.45) is 0 Å². The third-order valence-electron chi connectivity index (χ3n) is 2.37. The SMILES string of the molecule is Cc1cccc([SiH2]OS(=O)(=O)C(F)(F)F)c1C. The molecule has 0 unspecified atom stereocenters. The Labute approximate surface area is 99.7 Å². The van der Waals surface area contributed by atoms with Crippen molar-refractivity contribution in [2.75, 3.05) is 0 Å². The molecule has 1 rings (SSSR count). The maximum atomic E-state index is 12.0. The van der Waals surface area contributed by atoms with E-state index in [0.717, 1.165) is 11.1 Å². The maximum absolute atomic E-state index is 12.0. The van der Waals surface area contributed by atoms with E-state index in [2.05, 4.69) is 3.87 Å². The highest BCUT2D eigenvalue weighted by Gasteiger charge is 2.46. The van der Waals surface area contributed by atoms with Crippen LogP contribution in [0.5, 0.6) is 0 Å². The first kappa shape index (κ1) is 14.2. The lowest BCUT2D eigenvalue weighted by molar-refractivity contribution is -0.0498. The molecule has 0 aliphatic carbocycles. The second kappa shape index (κ2) is 4.79. The minimum Gasteiger partial charge on any atom is -0.310 e. The zero-order valence-corrected chi connectivity index (χ0v) is 11.4. The van der Waals surface area contributed by atoms with E-state index < -0.39 is 25.4 Å². The minimum absolute atomic E-state index is 0.554. The van der Waals surface area contributed by atoms with Gasteiger partial charge in [0.15, 0.2) is 0 Å². The van der Waals surface area contributed by atoms with Crippen LogP contribution in [-0.4, -0.2) is 23.7 Å². The number of benzene rings is 1. The Kier molecular flexibility index (Phi) is 4.00. The highest BCUT2D eigenvalue weighted by molar-refractivity contribution is 7.88. The van der Waals surface area contributed by atoms with Gasteiger partial charge in [-0.15, -0.1) is 0 Å². The van der Waals surface area contributed by atoms with Gasteiger partial charge in [-0.05, 0) is 30.2 Å². The number of alkyl halides is 3. The summed E-state index contributed by atoms with van der Waals surface area (Å²) in [6.07, 6.45) is 0. The van der Waals surface area contributed by atoms with Gasteiger partial charge in [0.2, 0.25) is 9.76 Å². The van der Waals surface area contributed by atoms with E-state index in [9.17, 15) is 21.6 Å². The molecule has 0 N–H and O–H groups in total. The predicted octanol–water partition coefficient (Wildman–Crippen LogP) is 0.879. The molecular weight excluding hydrogens is 273 g/mol. The van der Waals surface area contributed by atoms with Gasteiger partial charge < -0.3 is 3.87 Å². The first-order valence-electron chi connectivity index (χ1n) is 4.66. The van der Waals surface area contributed by atoms with Gasteiger partial charge in [-0.1, -0.05) is 18.2 Å². The quantitative estimate of drug-likeness (QED) is 0.611. The van der Waals surface area contributed by atoms with Crippen LogP contribution in [0.1, 0.15) is 11.1 Å². The van der Waals surface area contributed by atoms with Crippen molar-refractivity contribution < 1.29 is 25.5 Å². The number of aryl methyl sites for hydroxylation is 1. The summed E-state index contributed by atoms with van der Waals surface area (Å²) in [6.45, 7) is 3.52. The van der Waals surface area contributed by atoms with Gasteiger partial charge >= 0.3 is 15.6 Å². The highest BCUT2D eigenvalue weighted by atomic mass is 32.2. The Hall–Kier alpha value is -0.863. The van der Waals surface area contributed by atoms with E-state index in [4.69, 9.17) is 0 Å². The van der Waals surface area contributed by atoms with Gasteiger partial charge in [0.1, 0.15) is 0 Å². The van der Waals surface area contributed by atoms with Crippen molar-refractivity contribution >= 4 is 25.1 Å². The fourth-order valence-corrected chi connectivity index (χ4v) is 3.57. The van der Waals surface area contributed by atoms with E-state index in [-0.39, 0.29) is 0 Å². The summed E-state index contributed by atoms with van der Waals surface area (Å²) in [5.41, 5.74) is -3.68. The number of halogens is 3. The molecule has 0 bridgehead atoms. The summed E-state index contributed by atoms with van der Waals surface area (Å²) >= 11 is 0. The van der Waals surface area contributed by atoms with Gasteiger partial charge in [0.05, 0.1) is 0 Å². The van der Waals surface area contributed by atoms with Crippen molar-refractivity contribution in [1.29, 1.82) is 0 Å². The van der Waals surface area contributed by atoms with Crippen LogP contribution in [-0.2, 0) is 14.0 Å². The molecule has 0 atom stereocenters. The van der Waals surface area contributed by atoms with Gasteiger partial charge in [0, 0.05) is 0 Å². The monoisotopic (exact) mass is 284 g/mol. The zero-order valence-electron chi connectivity index (χ0n) is 9.21. The minimum atomic E-state index is -5.46. The van der Waals surface area contributed by atoms with E-state index in [1.165, 1.54) is 0 Å². The molecule has 0 spiro atoms. The van der Waals surface area contributed by atoms with Gasteiger partial charge in [0.25, 0.3) is 0 Å². The molecule has 0 fully saturated rings. The highest BCUT2D eigenvalue weighted by Crippen LogP contribution is 2.24. The Morgan fingerprint density at radius 1 is 1.24 bits per heavy atom. The topological polar surface area (TPSA) is 43.4 Å². The average molecular weight is 284 g/mol. The molecule has 1 aromatic carbocycles. The van der Waals surface area contributed by atoms with E-state index >= 15 is 0 Å². The molecule has 1 aromatic rings. The van der Waals surface area contributed by atoms with Crippen LogP contribution in [0, 0.1) is 13.8 Å². The first-order valence-corrected chi connectivity index (χ1v) is 7.35. The van der Waals surface area contributed by atoms with Crippen LogP contribution >= 0.6 is 0 Å². The molecular formula is C9H11F3O3SSi. The summed E-state index contributed by atoms with van der Waals surface area (Å²) in [6, 6.07) is 5.04. The van der Waals surface area contributed by atoms with Crippen molar-refractivity contribution in [3.63, 3.8) is 0 Å². The van der Waals surface area contributed by atoms with Gasteiger partial charge in [-0.3, -0.25) is 0 Å². The molecule has 0 aromatic heterocycles. The van der Waals surface area contributed by atoms with Crippen molar-refractivity contribution in [1.82, 2.24) is 0 Å². The normalized spacial score (nSPS) is 13.5. The second-order valence-electron chi connectivity index (χ2n) is 3.52. The second-order valence-corrected chi connectivity index (χ2v) is 6.89. The third kappa shape index (κ3) is 3.30. The van der Waals surface area contributed by atoms with Crippen LogP contribution < -0.4 is 5.19 Å². The molecule has 0 aliphatic rings. The molecule has 96 valence electrons.